The molecule has 8 heteroatoms. The second-order valence-electron chi connectivity index (χ2n) is 9.20. The zero-order valence-corrected chi connectivity index (χ0v) is 16.7. The molecule has 2 aromatic rings. The van der Waals surface area contributed by atoms with E-state index in [4.69, 9.17) is 0 Å². The molecule has 2 bridgehead atoms. The predicted octanol–water partition coefficient (Wildman–Crippen LogP) is 1.33. The molecule has 0 aromatic heterocycles. The Hall–Kier alpha value is -3.62. The van der Waals surface area contributed by atoms with Gasteiger partial charge in [-0.05, 0) is 24.3 Å². The maximum absolute atomic E-state index is 13.0. The van der Waals surface area contributed by atoms with Gasteiger partial charge in [-0.2, -0.15) is 10.0 Å². The third-order valence-corrected chi connectivity index (χ3v) is 7.88. The quantitative estimate of drug-likeness (QED) is 0.411. The summed E-state index contributed by atoms with van der Waals surface area (Å²) in [5.74, 6) is -1.00. The zero-order chi connectivity index (χ0) is 21.5. The molecule has 0 radical (unpaired) electrons. The minimum Gasteiger partial charge on any atom is -0.267 e. The highest BCUT2D eigenvalue weighted by Gasteiger charge is 2.78. The Balaban J connectivity index is 1.10. The average Bonchev–Trinajstić information content (AvgIpc) is 3.71. The van der Waals surface area contributed by atoms with Gasteiger partial charge in [-0.15, -0.1) is 0 Å². The molecule has 2 unspecified atom stereocenters. The van der Waals surface area contributed by atoms with Crippen LogP contribution in [-0.2, 0) is 0 Å². The van der Waals surface area contributed by atoms with Gasteiger partial charge < -0.3 is 0 Å². The first kappa shape index (κ1) is 17.0. The SMILES string of the molecule is O=C1c2ccccc2C(=O)N1N1[C@@H]2C3C=CC([C@@H]21)[C@H]1[C@@H]3N1N1C(=O)c2ccccc2C1=O. The number of rotatable bonds is 2. The summed E-state index contributed by atoms with van der Waals surface area (Å²) in [6.45, 7) is 0. The first-order valence-corrected chi connectivity index (χ1v) is 10.8. The van der Waals surface area contributed by atoms with E-state index in [2.05, 4.69) is 12.2 Å². The fraction of sp³-hybridized carbons (Fsp3) is 0.250. The van der Waals surface area contributed by atoms with Crippen LogP contribution in [0.1, 0.15) is 41.4 Å². The molecule has 156 valence electrons. The molecule has 4 amide bonds. The molecule has 0 spiro atoms. The number of nitrogens with zero attached hydrogens (tertiary/aromatic N) is 4. The molecule has 8 nitrogen and oxygen atoms in total. The number of carbonyl (C=O) groups is 4. The third kappa shape index (κ3) is 1.72. The van der Waals surface area contributed by atoms with Gasteiger partial charge >= 0.3 is 0 Å². The highest BCUT2D eigenvalue weighted by atomic mass is 16.2. The molecule has 7 aliphatic rings. The fourth-order valence-electron chi connectivity index (χ4n) is 6.55. The van der Waals surface area contributed by atoms with Crippen LogP contribution in [0.5, 0.6) is 0 Å². The summed E-state index contributed by atoms with van der Waals surface area (Å²) >= 11 is 0. The van der Waals surface area contributed by atoms with Gasteiger partial charge in [0.2, 0.25) is 0 Å². The van der Waals surface area contributed by atoms with Gasteiger partial charge in [-0.3, -0.25) is 19.2 Å². The van der Waals surface area contributed by atoms with E-state index < -0.39 is 0 Å². The summed E-state index contributed by atoms with van der Waals surface area (Å²) in [6.07, 6.45) is 4.26. The van der Waals surface area contributed by atoms with E-state index in [-0.39, 0.29) is 59.6 Å². The number of hydrogen-bond donors (Lipinski definition) is 0. The van der Waals surface area contributed by atoms with Gasteiger partial charge in [0.25, 0.3) is 23.6 Å². The van der Waals surface area contributed by atoms with Gasteiger partial charge in [0.05, 0.1) is 46.4 Å². The van der Waals surface area contributed by atoms with E-state index in [0.717, 1.165) is 0 Å². The molecule has 4 heterocycles. The van der Waals surface area contributed by atoms with E-state index in [0.29, 0.717) is 22.3 Å². The van der Waals surface area contributed by atoms with Gasteiger partial charge in [0.15, 0.2) is 0 Å². The van der Waals surface area contributed by atoms with E-state index in [1.165, 1.54) is 10.0 Å². The lowest BCUT2D eigenvalue weighted by molar-refractivity contribution is 0.0260. The standard InChI is InChI=1S/C24H16N4O4/c29-21-11-5-1-2-6-12(11)22(30)27(21)25-17-15-9-10-16(18(17)25)20-19(15)26(20)28-23(31)13-7-3-4-8-14(13)24(28)32/h1-10,15-20H/t15?,16?,17-,18+,19-,20+,25?,26?. The van der Waals surface area contributed by atoms with Crippen LogP contribution in [0, 0.1) is 11.8 Å². The molecule has 32 heavy (non-hydrogen) atoms. The smallest absolute Gasteiger partial charge is 0.267 e. The summed E-state index contributed by atoms with van der Waals surface area (Å²) in [7, 11) is 0. The highest BCUT2D eigenvalue weighted by molar-refractivity contribution is 6.22. The van der Waals surface area contributed by atoms with Crippen molar-refractivity contribution in [1.29, 1.82) is 0 Å². The summed E-state index contributed by atoms with van der Waals surface area (Å²) in [5, 5.41) is 6.47. The molecule has 2 saturated heterocycles. The Kier molecular flexibility index (Phi) is 2.78. The second kappa shape index (κ2) is 5.23. The molecule has 0 N–H and O–H groups in total. The van der Waals surface area contributed by atoms with E-state index >= 15 is 0 Å². The highest BCUT2D eigenvalue weighted by Crippen LogP contribution is 2.62. The van der Waals surface area contributed by atoms with Gasteiger partial charge in [-0.25, -0.2) is 10.0 Å². The lowest BCUT2D eigenvalue weighted by Gasteiger charge is -2.23. The van der Waals surface area contributed by atoms with Crippen LogP contribution in [0.15, 0.2) is 60.7 Å². The minimum atomic E-state index is -0.273. The average molecular weight is 424 g/mol. The Morgan fingerprint density at radius 3 is 1.03 bits per heavy atom. The molecular weight excluding hydrogens is 408 g/mol. The lowest BCUT2D eigenvalue weighted by Crippen LogP contribution is -2.40. The number of fused-ring (bicyclic) bond motifs is 2. The molecule has 9 rings (SSSR count). The first-order valence-electron chi connectivity index (χ1n) is 10.8. The Morgan fingerprint density at radius 2 is 0.750 bits per heavy atom. The van der Waals surface area contributed by atoms with E-state index in [1.807, 2.05) is 10.0 Å². The molecule has 2 aromatic carbocycles. The van der Waals surface area contributed by atoms with Crippen LogP contribution in [0.4, 0.5) is 0 Å². The van der Waals surface area contributed by atoms with Crippen LogP contribution in [0.3, 0.4) is 0 Å². The van der Waals surface area contributed by atoms with Gasteiger partial charge in [-0.1, -0.05) is 36.4 Å². The molecule has 4 aliphatic heterocycles. The van der Waals surface area contributed by atoms with Crippen molar-refractivity contribution in [1.82, 2.24) is 20.0 Å². The van der Waals surface area contributed by atoms with Crippen LogP contribution >= 0.6 is 0 Å². The second-order valence-corrected chi connectivity index (χ2v) is 9.20. The third-order valence-electron chi connectivity index (χ3n) is 7.88. The van der Waals surface area contributed by atoms with Gasteiger partial charge in [0, 0.05) is 11.8 Å². The zero-order valence-electron chi connectivity index (χ0n) is 16.7. The van der Waals surface area contributed by atoms with Crippen molar-refractivity contribution in [3.8, 4) is 0 Å². The number of benzene rings is 2. The molecular formula is C24H16N4O4. The Bertz CT molecular complexity index is 1160. The van der Waals surface area contributed by atoms with Crippen molar-refractivity contribution in [2.75, 3.05) is 0 Å². The van der Waals surface area contributed by atoms with E-state index in [1.54, 1.807) is 48.5 Å². The number of hydrogen-bond acceptors (Lipinski definition) is 6. The van der Waals surface area contributed by atoms with Crippen molar-refractivity contribution in [2.45, 2.75) is 24.2 Å². The fourth-order valence-corrected chi connectivity index (χ4v) is 6.55. The maximum atomic E-state index is 13.0. The van der Waals surface area contributed by atoms with Crippen molar-refractivity contribution in [2.24, 2.45) is 11.8 Å². The summed E-state index contributed by atoms with van der Waals surface area (Å²) in [5.41, 5.74) is 1.78. The largest absolute Gasteiger partial charge is 0.276 e. The molecule has 1 saturated carbocycles. The minimum absolute atomic E-state index is 0.0219. The van der Waals surface area contributed by atoms with Crippen molar-refractivity contribution in [3.63, 3.8) is 0 Å². The van der Waals surface area contributed by atoms with Crippen LogP contribution in [0.25, 0.3) is 0 Å². The number of imide groups is 2. The monoisotopic (exact) mass is 424 g/mol. The summed E-state index contributed by atoms with van der Waals surface area (Å²) in [6, 6.07) is 13.9. The predicted molar refractivity (Wildman–Crippen MR) is 109 cm³/mol. The van der Waals surface area contributed by atoms with Crippen LogP contribution < -0.4 is 0 Å². The Labute approximate surface area is 182 Å². The van der Waals surface area contributed by atoms with Crippen molar-refractivity contribution >= 4 is 23.6 Å². The van der Waals surface area contributed by atoms with Crippen molar-refractivity contribution < 1.29 is 19.2 Å². The van der Waals surface area contributed by atoms with E-state index in [9.17, 15) is 19.2 Å². The number of amides is 4. The molecule has 6 atom stereocenters. The molecule has 3 aliphatic carbocycles. The summed E-state index contributed by atoms with van der Waals surface area (Å²) < 4.78 is 0. The number of carbonyl (C=O) groups excluding carboxylic acids is 4. The topological polar surface area (TPSA) is 80.8 Å². The first-order chi connectivity index (χ1) is 15.6. The van der Waals surface area contributed by atoms with Crippen LogP contribution in [0.2, 0.25) is 0 Å². The summed E-state index contributed by atoms with van der Waals surface area (Å²) in [4.78, 5) is 51.9. The van der Waals surface area contributed by atoms with Crippen LogP contribution in [-0.4, -0.2) is 67.8 Å². The lowest BCUT2D eigenvalue weighted by atomic mass is 9.76. The maximum Gasteiger partial charge on any atom is 0.276 e. The molecule has 3 fully saturated rings. The normalized spacial score (nSPS) is 39.2. The van der Waals surface area contributed by atoms with Gasteiger partial charge in [0.1, 0.15) is 0 Å². The Morgan fingerprint density at radius 1 is 0.469 bits per heavy atom. The number of hydrazine groups is 2. The van der Waals surface area contributed by atoms with Crippen molar-refractivity contribution in [3.05, 3.63) is 82.9 Å².